The largest absolute Gasteiger partial charge is 0.480 e. The number of rotatable bonds is 8. The lowest BCUT2D eigenvalue weighted by Gasteiger charge is -2.36. The molecule has 1 saturated heterocycles. The summed E-state index contributed by atoms with van der Waals surface area (Å²) in [5.74, 6) is 4.24. The van der Waals surface area contributed by atoms with Gasteiger partial charge >= 0.3 is 5.97 Å². The van der Waals surface area contributed by atoms with E-state index in [0.717, 1.165) is 22.5 Å². The van der Waals surface area contributed by atoms with Gasteiger partial charge in [0, 0.05) is 55.2 Å². The Morgan fingerprint density at radius 3 is 2.25 bits per heavy atom. The van der Waals surface area contributed by atoms with Crippen molar-refractivity contribution in [2.45, 2.75) is 26.4 Å². The van der Waals surface area contributed by atoms with Gasteiger partial charge in [0.25, 0.3) is 16.1 Å². The van der Waals surface area contributed by atoms with Gasteiger partial charge < -0.3 is 20.2 Å². The first-order chi connectivity index (χ1) is 21.0. The molecule has 2 aliphatic rings. The number of fused-ring (bicyclic) bond motifs is 1. The van der Waals surface area contributed by atoms with Crippen LogP contribution in [0.5, 0.6) is 0 Å². The second kappa shape index (κ2) is 13.1. The number of piperazine rings is 1. The molecular formula is C32H34FN5O5S. The normalized spacial score (nSPS) is 16.1. The van der Waals surface area contributed by atoms with Gasteiger partial charge in [0.05, 0.1) is 12.2 Å². The SMILES string of the molecule is CC(C)[C@@H](NS(=O)(=O)N1CCN(c2ccc(C#Cc3ccc4c(c3)C(=O)N(Cc3ccc(F)cc3)CN4)cc2)CC1)C(=O)O. The average molecular weight is 620 g/mol. The van der Waals surface area contributed by atoms with Crippen LogP contribution in [0.25, 0.3) is 0 Å². The zero-order valence-electron chi connectivity index (χ0n) is 24.5. The lowest BCUT2D eigenvalue weighted by atomic mass is 10.0. The van der Waals surface area contributed by atoms with E-state index < -0.39 is 22.2 Å². The monoisotopic (exact) mass is 619 g/mol. The molecule has 1 fully saturated rings. The van der Waals surface area contributed by atoms with E-state index in [0.29, 0.717) is 37.4 Å². The number of benzene rings is 3. The number of hydrogen-bond donors (Lipinski definition) is 3. The van der Waals surface area contributed by atoms with Gasteiger partial charge in [0.2, 0.25) is 0 Å². The third-order valence-electron chi connectivity index (χ3n) is 7.66. The zero-order chi connectivity index (χ0) is 31.4. The molecule has 0 saturated carbocycles. The van der Waals surface area contributed by atoms with Gasteiger partial charge in [-0.2, -0.15) is 17.4 Å². The Kier molecular flexibility index (Phi) is 9.20. The van der Waals surface area contributed by atoms with Crippen LogP contribution in [0.3, 0.4) is 0 Å². The maximum atomic E-state index is 13.3. The maximum Gasteiger partial charge on any atom is 0.322 e. The van der Waals surface area contributed by atoms with E-state index in [1.54, 1.807) is 36.9 Å². The quantitative estimate of drug-likeness (QED) is 0.331. The van der Waals surface area contributed by atoms with Crippen LogP contribution < -0.4 is 14.9 Å². The van der Waals surface area contributed by atoms with Gasteiger partial charge in [-0.15, -0.1) is 0 Å². The Morgan fingerprint density at radius 1 is 0.977 bits per heavy atom. The highest BCUT2D eigenvalue weighted by Gasteiger charge is 2.33. The highest BCUT2D eigenvalue weighted by atomic mass is 32.2. The van der Waals surface area contributed by atoms with Crippen molar-refractivity contribution in [1.29, 1.82) is 0 Å². The first kappa shape index (κ1) is 31.0. The number of hydrogen-bond acceptors (Lipinski definition) is 6. The number of carbonyl (C=O) groups is 2. The molecule has 2 aliphatic heterocycles. The molecule has 230 valence electrons. The number of amides is 1. The summed E-state index contributed by atoms with van der Waals surface area (Å²) in [6, 6.07) is 18.0. The Hall–Kier alpha value is -4.44. The van der Waals surface area contributed by atoms with Crippen molar-refractivity contribution in [1.82, 2.24) is 13.9 Å². The fourth-order valence-corrected chi connectivity index (χ4v) is 6.59. The minimum absolute atomic E-state index is 0.124. The molecule has 10 nitrogen and oxygen atoms in total. The first-order valence-corrected chi connectivity index (χ1v) is 15.7. The van der Waals surface area contributed by atoms with Crippen LogP contribution >= 0.6 is 0 Å². The maximum absolute atomic E-state index is 13.3. The van der Waals surface area contributed by atoms with E-state index in [4.69, 9.17) is 0 Å². The Labute approximate surface area is 256 Å². The lowest BCUT2D eigenvalue weighted by molar-refractivity contribution is -0.140. The van der Waals surface area contributed by atoms with Gasteiger partial charge in [0.15, 0.2) is 0 Å². The van der Waals surface area contributed by atoms with Crippen LogP contribution in [0.1, 0.15) is 40.9 Å². The van der Waals surface area contributed by atoms with Crippen molar-refractivity contribution in [3.05, 3.63) is 94.8 Å². The molecule has 12 heteroatoms. The fourth-order valence-electron chi connectivity index (χ4n) is 5.11. The van der Waals surface area contributed by atoms with Crippen molar-refractivity contribution in [2.75, 3.05) is 43.1 Å². The predicted octanol–water partition coefficient (Wildman–Crippen LogP) is 3.32. The van der Waals surface area contributed by atoms with Crippen molar-refractivity contribution >= 4 is 33.5 Å². The molecule has 0 aromatic heterocycles. The Bertz CT molecular complexity index is 1690. The van der Waals surface area contributed by atoms with Crippen LogP contribution in [0, 0.1) is 23.6 Å². The molecule has 5 rings (SSSR count). The van der Waals surface area contributed by atoms with E-state index in [2.05, 4.69) is 26.8 Å². The minimum Gasteiger partial charge on any atom is -0.480 e. The molecule has 0 radical (unpaired) electrons. The van der Waals surface area contributed by atoms with Gasteiger partial charge in [-0.3, -0.25) is 9.59 Å². The average Bonchev–Trinajstić information content (AvgIpc) is 3.01. The summed E-state index contributed by atoms with van der Waals surface area (Å²) < 4.78 is 42.4. The Morgan fingerprint density at radius 2 is 1.61 bits per heavy atom. The number of carbonyl (C=O) groups excluding carboxylic acids is 1. The first-order valence-electron chi connectivity index (χ1n) is 14.3. The molecule has 1 amide bonds. The standard InChI is InChI=1S/C32H34FN5O5S/c1-22(2)30(32(40)41)35-44(42,43)38-17-15-36(16-18-38)27-12-7-23(8-13-27)3-4-24-9-14-29-28(19-24)31(39)37(21-34-29)20-25-5-10-26(33)11-6-25/h5-14,19,22,30,34-35H,15-18,20-21H2,1-2H3,(H,40,41)/t30-/m1/s1. The molecule has 0 spiro atoms. The van der Waals surface area contributed by atoms with Gasteiger partial charge in [-0.25, -0.2) is 4.39 Å². The second-order valence-electron chi connectivity index (χ2n) is 11.1. The molecule has 44 heavy (non-hydrogen) atoms. The highest BCUT2D eigenvalue weighted by Crippen LogP contribution is 2.25. The van der Waals surface area contributed by atoms with E-state index in [1.807, 2.05) is 36.4 Å². The summed E-state index contributed by atoms with van der Waals surface area (Å²) in [5, 5.41) is 12.6. The minimum atomic E-state index is -3.93. The third kappa shape index (κ3) is 7.19. The Balaban J connectivity index is 1.19. The summed E-state index contributed by atoms with van der Waals surface area (Å²) in [6.07, 6.45) is 0. The van der Waals surface area contributed by atoms with Crippen molar-refractivity contribution in [3.63, 3.8) is 0 Å². The highest BCUT2D eigenvalue weighted by molar-refractivity contribution is 7.87. The van der Waals surface area contributed by atoms with Gasteiger partial charge in [-0.05, 0) is 66.1 Å². The number of nitrogens with one attached hydrogen (secondary N) is 2. The number of halogens is 1. The topological polar surface area (TPSA) is 122 Å². The molecule has 3 aromatic carbocycles. The predicted molar refractivity (Wildman–Crippen MR) is 166 cm³/mol. The lowest BCUT2D eigenvalue weighted by Crippen LogP contribution is -2.55. The molecule has 0 bridgehead atoms. The number of carboxylic acid groups (broad SMARTS) is 1. The summed E-state index contributed by atoms with van der Waals surface area (Å²) in [5.41, 5.74) is 4.51. The number of carboxylic acids is 1. The third-order valence-corrected chi connectivity index (χ3v) is 9.25. The molecule has 0 unspecified atom stereocenters. The number of anilines is 2. The second-order valence-corrected chi connectivity index (χ2v) is 12.8. The van der Waals surface area contributed by atoms with Crippen LogP contribution in [-0.4, -0.2) is 73.5 Å². The molecule has 0 aliphatic carbocycles. The van der Waals surface area contributed by atoms with Crippen molar-refractivity contribution in [3.8, 4) is 11.8 Å². The van der Waals surface area contributed by atoms with E-state index >= 15 is 0 Å². The van der Waals surface area contributed by atoms with Gasteiger partial charge in [0.1, 0.15) is 11.9 Å². The van der Waals surface area contributed by atoms with Crippen molar-refractivity contribution < 1.29 is 27.5 Å². The fraction of sp³-hybridized carbons (Fsp3) is 0.312. The van der Waals surface area contributed by atoms with E-state index in [-0.39, 0.29) is 30.7 Å². The number of aliphatic carboxylic acids is 1. The van der Waals surface area contributed by atoms with Gasteiger partial charge in [-0.1, -0.05) is 37.8 Å². The van der Waals surface area contributed by atoms with E-state index in [1.165, 1.54) is 16.4 Å². The summed E-state index contributed by atoms with van der Waals surface area (Å²) >= 11 is 0. The van der Waals surface area contributed by atoms with Crippen LogP contribution in [0.2, 0.25) is 0 Å². The molecule has 3 N–H and O–H groups in total. The zero-order valence-corrected chi connectivity index (χ0v) is 25.3. The molecule has 2 heterocycles. The van der Waals surface area contributed by atoms with Crippen LogP contribution in [0.4, 0.5) is 15.8 Å². The smallest absolute Gasteiger partial charge is 0.322 e. The van der Waals surface area contributed by atoms with Crippen molar-refractivity contribution in [2.24, 2.45) is 5.92 Å². The molecular weight excluding hydrogens is 585 g/mol. The van der Waals surface area contributed by atoms with E-state index in [9.17, 15) is 27.5 Å². The summed E-state index contributed by atoms with van der Waals surface area (Å²) in [6.45, 7) is 5.41. The molecule has 3 aromatic rings. The summed E-state index contributed by atoms with van der Waals surface area (Å²) in [7, 11) is -3.93. The van der Waals surface area contributed by atoms with Crippen LogP contribution in [0.15, 0.2) is 66.7 Å². The van der Waals surface area contributed by atoms with Crippen LogP contribution in [-0.2, 0) is 21.5 Å². The number of nitrogens with zero attached hydrogens (tertiary/aromatic N) is 3. The summed E-state index contributed by atoms with van der Waals surface area (Å²) in [4.78, 5) is 28.4. The molecule has 1 atom stereocenters.